The molecule has 2 unspecified atom stereocenters. The van der Waals surface area contributed by atoms with Crippen molar-refractivity contribution in [2.75, 3.05) is 6.61 Å². The molecule has 1 fully saturated rings. The van der Waals surface area contributed by atoms with E-state index in [0.717, 1.165) is 19.3 Å². The number of aliphatic hydroxyl groups is 1. The molecule has 6 heteroatoms. The monoisotopic (exact) mass is 612 g/mol. The Hall–Kier alpha value is -1.83. The second kappa shape index (κ2) is 15.0. The van der Waals surface area contributed by atoms with Gasteiger partial charge in [0.25, 0.3) is 8.32 Å². The van der Waals surface area contributed by atoms with E-state index in [1.165, 1.54) is 10.4 Å². The van der Waals surface area contributed by atoms with Gasteiger partial charge in [0.1, 0.15) is 5.78 Å². The van der Waals surface area contributed by atoms with Gasteiger partial charge < -0.3 is 19.0 Å². The molecule has 5 nitrogen and oxygen atoms in total. The second-order valence-electron chi connectivity index (χ2n) is 14.5. The van der Waals surface area contributed by atoms with Crippen molar-refractivity contribution in [1.82, 2.24) is 0 Å². The highest BCUT2D eigenvalue weighted by Gasteiger charge is 2.51. The summed E-state index contributed by atoms with van der Waals surface area (Å²) in [7, 11) is -2.61. The zero-order valence-electron chi connectivity index (χ0n) is 27.8. The summed E-state index contributed by atoms with van der Waals surface area (Å²) in [5.41, 5.74) is -0.709. The minimum atomic E-state index is -2.61. The molecule has 2 aromatic rings. The van der Waals surface area contributed by atoms with E-state index in [4.69, 9.17) is 13.9 Å². The van der Waals surface area contributed by atoms with Gasteiger partial charge in [-0.25, -0.2) is 0 Å². The standard InChI is InChI=1S/C36H56O5Si.CH4/c1-26(32(37)28(3)33(38)35(7,8)31-24-25-39-36(9,10)40-31)18-17-19-27(2)41-42(34(4,5)6,29-20-13-11-14-21-29)30-22-15-12-16-23-30;/h11-16,20-23,26-28,31-32,37H,17-19,24-25H2,1-10H3;1H4/t26-,27?,28?,31-,32+;/m0./s1. The molecule has 0 radical (unpaired) electrons. The Morgan fingerprint density at radius 3 is 1.93 bits per heavy atom. The third kappa shape index (κ3) is 8.67. The maximum absolute atomic E-state index is 13.6. The molecule has 5 atom stereocenters. The van der Waals surface area contributed by atoms with Crippen LogP contribution >= 0.6 is 0 Å². The van der Waals surface area contributed by atoms with Gasteiger partial charge in [-0.3, -0.25) is 4.79 Å². The molecular weight excluding hydrogens is 552 g/mol. The van der Waals surface area contributed by atoms with Gasteiger partial charge >= 0.3 is 0 Å². The van der Waals surface area contributed by atoms with Crippen LogP contribution in [0.15, 0.2) is 60.7 Å². The molecule has 0 bridgehead atoms. The fourth-order valence-corrected chi connectivity index (χ4v) is 11.4. The van der Waals surface area contributed by atoms with Crippen LogP contribution in [0.1, 0.15) is 102 Å². The van der Waals surface area contributed by atoms with Crippen LogP contribution < -0.4 is 10.4 Å². The van der Waals surface area contributed by atoms with Crippen molar-refractivity contribution in [2.45, 2.75) is 131 Å². The van der Waals surface area contributed by atoms with Crippen molar-refractivity contribution in [2.24, 2.45) is 17.3 Å². The molecule has 1 aliphatic heterocycles. The summed E-state index contributed by atoms with van der Waals surface area (Å²) in [4.78, 5) is 13.6. The third-order valence-electron chi connectivity index (χ3n) is 9.27. The highest BCUT2D eigenvalue weighted by molar-refractivity contribution is 6.99. The van der Waals surface area contributed by atoms with E-state index < -0.39 is 31.5 Å². The largest absolute Gasteiger partial charge is 0.405 e. The lowest BCUT2D eigenvalue weighted by Crippen LogP contribution is -2.67. The number of aliphatic hydroxyl groups excluding tert-OH is 1. The van der Waals surface area contributed by atoms with Crippen molar-refractivity contribution < 1.29 is 23.8 Å². The van der Waals surface area contributed by atoms with E-state index in [0.29, 0.717) is 13.0 Å². The van der Waals surface area contributed by atoms with Gasteiger partial charge in [0.05, 0.1) is 24.2 Å². The maximum atomic E-state index is 13.6. The number of ketones is 1. The summed E-state index contributed by atoms with van der Waals surface area (Å²) in [5.74, 6) is -1.14. The summed E-state index contributed by atoms with van der Waals surface area (Å²) in [6, 6.07) is 21.5. The van der Waals surface area contributed by atoms with Gasteiger partial charge in [-0.1, -0.05) is 123 Å². The number of carbonyl (C=O) groups is 1. The quantitative estimate of drug-likeness (QED) is 0.237. The zero-order valence-corrected chi connectivity index (χ0v) is 28.8. The minimum absolute atomic E-state index is 0. The molecular formula is C37H60O5Si. The molecule has 0 amide bonds. The second-order valence-corrected chi connectivity index (χ2v) is 18.8. The first-order valence-electron chi connectivity index (χ1n) is 15.9. The Morgan fingerprint density at radius 2 is 1.47 bits per heavy atom. The van der Waals surface area contributed by atoms with E-state index in [9.17, 15) is 9.90 Å². The lowest BCUT2D eigenvalue weighted by molar-refractivity contribution is -0.289. The number of hydrogen-bond donors (Lipinski definition) is 1. The third-order valence-corrected chi connectivity index (χ3v) is 14.4. The molecule has 43 heavy (non-hydrogen) atoms. The fourth-order valence-electron chi connectivity index (χ4n) is 6.70. The van der Waals surface area contributed by atoms with Crippen LogP contribution in [0.3, 0.4) is 0 Å². The number of rotatable bonds is 13. The van der Waals surface area contributed by atoms with Gasteiger partial charge in [-0.15, -0.1) is 0 Å². The Bertz CT molecular complexity index is 1090. The number of carbonyl (C=O) groups excluding carboxylic acids is 1. The molecule has 3 rings (SSSR count). The number of benzene rings is 2. The molecule has 1 saturated heterocycles. The predicted octanol–water partition coefficient (Wildman–Crippen LogP) is 7.53. The lowest BCUT2D eigenvalue weighted by atomic mass is 9.72. The molecule has 0 spiro atoms. The predicted molar refractivity (Wildman–Crippen MR) is 181 cm³/mol. The van der Waals surface area contributed by atoms with Crippen LogP contribution in [-0.4, -0.2) is 49.9 Å². The highest BCUT2D eigenvalue weighted by atomic mass is 28.4. The molecule has 0 aliphatic carbocycles. The topological polar surface area (TPSA) is 65.0 Å². The van der Waals surface area contributed by atoms with E-state index in [2.05, 4.69) is 95.3 Å². The van der Waals surface area contributed by atoms with Crippen LogP contribution in [0.25, 0.3) is 0 Å². The van der Waals surface area contributed by atoms with Crippen LogP contribution in [0.2, 0.25) is 5.04 Å². The first-order valence-corrected chi connectivity index (χ1v) is 17.8. The average Bonchev–Trinajstić information content (AvgIpc) is 2.94. The van der Waals surface area contributed by atoms with Crippen LogP contribution in [0, 0.1) is 17.3 Å². The first-order chi connectivity index (χ1) is 19.5. The SMILES string of the molecule is C.CC(CCC[C@H](C)[C@@H](O)C(C)C(=O)C(C)(C)[C@@H]1CCOC(C)(C)O1)O[Si](c1ccccc1)(c1ccccc1)C(C)(C)C. The Labute approximate surface area is 263 Å². The van der Waals surface area contributed by atoms with Gasteiger partial charge in [0.15, 0.2) is 5.79 Å². The van der Waals surface area contributed by atoms with E-state index in [1.54, 1.807) is 0 Å². The summed E-state index contributed by atoms with van der Waals surface area (Å²) in [6.07, 6.45) is 2.40. The fraction of sp³-hybridized carbons (Fsp3) is 0.649. The molecule has 2 aromatic carbocycles. The number of Topliss-reactive ketones (excluding diaryl/α,β-unsaturated/α-hetero) is 1. The highest BCUT2D eigenvalue weighted by Crippen LogP contribution is 2.39. The van der Waals surface area contributed by atoms with Crippen LogP contribution in [0.5, 0.6) is 0 Å². The Morgan fingerprint density at radius 1 is 0.953 bits per heavy atom. The lowest BCUT2D eigenvalue weighted by Gasteiger charge is -2.44. The maximum Gasteiger partial charge on any atom is 0.261 e. The molecule has 0 aromatic heterocycles. The average molecular weight is 613 g/mol. The summed E-state index contributed by atoms with van der Waals surface area (Å²) >= 11 is 0. The van der Waals surface area contributed by atoms with E-state index in [1.807, 2.05) is 34.6 Å². The van der Waals surface area contributed by atoms with Gasteiger partial charge in [0.2, 0.25) is 0 Å². The summed E-state index contributed by atoms with van der Waals surface area (Å²) < 4.78 is 19.1. The van der Waals surface area contributed by atoms with Crippen molar-refractivity contribution in [3.8, 4) is 0 Å². The van der Waals surface area contributed by atoms with Crippen LogP contribution in [0.4, 0.5) is 0 Å². The van der Waals surface area contributed by atoms with E-state index in [-0.39, 0.29) is 36.4 Å². The molecule has 1 N–H and O–H groups in total. The van der Waals surface area contributed by atoms with Crippen molar-refractivity contribution in [1.29, 1.82) is 0 Å². The Kier molecular flexibility index (Phi) is 13.0. The molecule has 0 saturated carbocycles. The van der Waals surface area contributed by atoms with Gasteiger partial charge in [0, 0.05) is 12.0 Å². The number of hydrogen-bond acceptors (Lipinski definition) is 5. The molecule has 1 aliphatic rings. The Balaban J connectivity index is 0.00000645. The van der Waals surface area contributed by atoms with Crippen LogP contribution in [-0.2, 0) is 18.7 Å². The first kappa shape index (κ1) is 37.4. The molecule has 1 heterocycles. The van der Waals surface area contributed by atoms with Gasteiger partial charge in [-0.05, 0) is 61.4 Å². The van der Waals surface area contributed by atoms with E-state index >= 15 is 0 Å². The zero-order chi connectivity index (χ0) is 31.3. The summed E-state index contributed by atoms with van der Waals surface area (Å²) in [5, 5.41) is 13.8. The smallest absolute Gasteiger partial charge is 0.261 e. The van der Waals surface area contributed by atoms with Crippen molar-refractivity contribution in [3.05, 3.63) is 60.7 Å². The van der Waals surface area contributed by atoms with Crippen molar-refractivity contribution in [3.63, 3.8) is 0 Å². The molecule has 242 valence electrons. The normalized spacial score (nSPS) is 20.4. The summed E-state index contributed by atoms with van der Waals surface area (Å²) in [6.45, 7) is 21.2. The minimum Gasteiger partial charge on any atom is -0.405 e. The number of ether oxygens (including phenoxy) is 2. The van der Waals surface area contributed by atoms with Crippen molar-refractivity contribution >= 4 is 24.5 Å². The van der Waals surface area contributed by atoms with Gasteiger partial charge in [-0.2, -0.15) is 0 Å².